The van der Waals surface area contributed by atoms with Gasteiger partial charge in [0.1, 0.15) is 5.00 Å². The van der Waals surface area contributed by atoms with Gasteiger partial charge in [0.15, 0.2) is 0 Å². The summed E-state index contributed by atoms with van der Waals surface area (Å²) in [6.45, 7) is 2.17. The number of carbonyl (C=O) groups excluding carboxylic acids is 1. The molecule has 0 saturated carbocycles. The van der Waals surface area contributed by atoms with Gasteiger partial charge in [-0.3, -0.25) is 10.1 Å². The third-order valence-electron chi connectivity index (χ3n) is 4.45. The topological polar surface area (TPSA) is 102 Å². The summed E-state index contributed by atoms with van der Waals surface area (Å²) in [5.74, 6) is -0.340. The van der Waals surface area contributed by atoms with E-state index >= 15 is 0 Å². The number of methoxy groups -OCH3 is 1. The van der Waals surface area contributed by atoms with Gasteiger partial charge in [-0.2, -0.15) is 0 Å². The Labute approximate surface area is 154 Å². The molecule has 8 heteroatoms. The van der Waals surface area contributed by atoms with Gasteiger partial charge in [-0.1, -0.05) is 13.0 Å². The molecular weight excluding hydrogens is 356 g/mol. The lowest BCUT2D eigenvalue weighted by Crippen LogP contribution is -2.12. The number of esters is 1. The number of rotatable bonds is 4. The minimum absolute atomic E-state index is 0.217. The first-order valence-corrected chi connectivity index (χ1v) is 8.97. The number of phenolic OH excluding ortho intramolecular Hbond substituents is 1. The average molecular weight is 374 g/mol. The summed E-state index contributed by atoms with van der Waals surface area (Å²) in [4.78, 5) is 28.0. The van der Waals surface area contributed by atoms with Crippen molar-refractivity contribution in [2.75, 3.05) is 7.11 Å². The largest absolute Gasteiger partial charge is 0.502 e. The number of aliphatic imine (C=N–C) groups is 1. The Hall–Kier alpha value is -2.74. The summed E-state index contributed by atoms with van der Waals surface area (Å²) >= 11 is 1.43. The number of ether oxygens (including phenoxy) is 1. The van der Waals surface area contributed by atoms with E-state index in [0.717, 1.165) is 29.7 Å². The van der Waals surface area contributed by atoms with Crippen molar-refractivity contribution in [1.82, 2.24) is 0 Å². The first kappa shape index (κ1) is 18.1. The first-order valence-electron chi connectivity index (χ1n) is 8.15. The van der Waals surface area contributed by atoms with Crippen molar-refractivity contribution in [3.8, 4) is 5.75 Å². The smallest absolute Gasteiger partial charge is 0.341 e. The van der Waals surface area contributed by atoms with Gasteiger partial charge in [0, 0.05) is 22.7 Å². The molecule has 0 fully saturated rings. The van der Waals surface area contributed by atoms with Gasteiger partial charge in [0.2, 0.25) is 5.75 Å². The van der Waals surface area contributed by atoms with Crippen molar-refractivity contribution in [1.29, 1.82) is 0 Å². The Kier molecular flexibility index (Phi) is 5.03. The van der Waals surface area contributed by atoms with Crippen molar-refractivity contribution in [3.05, 3.63) is 49.9 Å². The van der Waals surface area contributed by atoms with Gasteiger partial charge in [0.25, 0.3) is 0 Å². The molecular formula is C18H18N2O5S. The van der Waals surface area contributed by atoms with Crippen molar-refractivity contribution < 1.29 is 19.6 Å². The molecule has 1 atom stereocenters. The molecule has 1 aliphatic rings. The molecule has 7 nitrogen and oxygen atoms in total. The molecule has 0 aliphatic heterocycles. The van der Waals surface area contributed by atoms with Crippen LogP contribution in [0.1, 0.15) is 39.7 Å². The molecule has 0 bridgehead atoms. The molecule has 1 unspecified atom stereocenters. The zero-order valence-electron chi connectivity index (χ0n) is 14.4. The molecule has 1 aromatic heterocycles. The summed E-state index contributed by atoms with van der Waals surface area (Å²) in [7, 11) is 1.33. The number of nitrogens with zero attached hydrogens (tertiary/aromatic N) is 2. The van der Waals surface area contributed by atoms with E-state index in [-0.39, 0.29) is 11.3 Å². The number of nitro benzene ring substituents is 1. The van der Waals surface area contributed by atoms with Crippen LogP contribution in [0.15, 0.2) is 23.2 Å². The SMILES string of the molecule is COC(=O)c1c(N=Cc2cccc([N+](=O)[O-])c2O)sc2c1CCC(C)C2. The number of nitro groups is 1. The number of benzene rings is 1. The number of para-hydroxylation sites is 1. The molecule has 0 spiro atoms. The van der Waals surface area contributed by atoms with Gasteiger partial charge in [-0.15, -0.1) is 11.3 Å². The highest BCUT2D eigenvalue weighted by Gasteiger charge is 2.28. The van der Waals surface area contributed by atoms with E-state index in [1.807, 2.05) is 0 Å². The Bertz CT molecular complexity index is 903. The fourth-order valence-electron chi connectivity index (χ4n) is 3.07. The molecule has 0 radical (unpaired) electrons. The number of hydrogen-bond acceptors (Lipinski definition) is 7. The van der Waals surface area contributed by atoms with Crippen molar-refractivity contribution in [2.24, 2.45) is 10.9 Å². The second kappa shape index (κ2) is 7.25. The fourth-order valence-corrected chi connectivity index (χ4v) is 4.41. The Morgan fingerprint density at radius 3 is 2.96 bits per heavy atom. The van der Waals surface area contributed by atoms with Crippen LogP contribution in [0.5, 0.6) is 5.75 Å². The van der Waals surface area contributed by atoms with Gasteiger partial charge < -0.3 is 9.84 Å². The van der Waals surface area contributed by atoms with Gasteiger partial charge >= 0.3 is 11.7 Å². The summed E-state index contributed by atoms with van der Waals surface area (Å²) in [5, 5.41) is 21.5. The normalized spacial score (nSPS) is 16.5. The van der Waals surface area contributed by atoms with Gasteiger partial charge in [-0.05, 0) is 36.8 Å². The maximum absolute atomic E-state index is 12.2. The lowest BCUT2D eigenvalue weighted by molar-refractivity contribution is -0.385. The molecule has 1 aliphatic carbocycles. The number of carbonyl (C=O) groups is 1. The van der Waals surface area contributed by atoms with E-state index in [9.17, 15) is 20.0 Å². The van der Waals surface area contributed by atoms with E-state index in [0.29, 0.717) is 16.5 Å². The minimum Gasteiger partial charge on any atom is -0.502 e. The zero-order chi connectivity index (χ0) is 18.8. The zero-order valence-corrected chi connectivity index (χ0v) is 15.2. The third-order valence-corrected chi connectivity index (χ3v) is 5.61. The highest BCUT2D eigenvalue weighted by atomic mass is 32.1. The van der Waals surface area contributed by atoms with Crippen LogP contribution in [0.2, 0.25) is 0 Å². The number of phenols is 1. The number of fused-ring (bicyclic) bond motifs is 1. The standard InChI is InChI=1S/C18H18N2O5S/c1-10-6-7-12-14(8-10)26-17(15(12)18(22)25-2)19-9-11-4-3-5-13(16(11)21)20(23)24/h3-5,9-10,21H,6-8H2,1-2H3. The second-order valence-corrected chi connectivity index (χ2v) is 7.34. The summed E-state index contributed by atoms with van der Waals surface area (Å²) < 4.78 is 4.91. The lowest BCUT2D eigenvalue weighted by Gasteiger charge is -2.18. The molecule has 1 N–H and O–H groups in total. The number of aromatic hydroxyl groups is 1. The van der Waals surface area contributed by atoms with E-state index in [1.54, 1.807) is 0 Å². The molecule has 136 valence electrons. The maximum Gasteiger partial charge on any atom is 0.341 e. The Balaban J connectivity index is 2.03. The second-order valence-electron chi connectivity index (χ2n) is 6.25. The van der Waals surface area contributed by atoms with Crippen LogP contribution < -0.4 is 0 Å². The highest BCUT2D eigenvalue weighted by Crippen LogP contribution is 2.41. The maximum atomic E-state index is 12.2. The van der Waals surface area contributed by atoms with E-state index in [4.69, 9.17) is 4.74 Å². The van der Waals surface area contributed by atoms with Crippen molar-refractivity contribution >= 4 is 34.2 Å². The summed E-state index contributed by atoms with van der Waals surface area (Å²) in [6.07, 6.45) is 4.04. The molecule has 2 aromatic rings. The monoisotopic (exact) mass is 374 g/mol. The Morgan fingerprint density at radius 1 is 1.50 bits per heavy atom. The number of thiophene rings is 1. The van der Waals surface area contributed by atoms with E-state index < -0.39 is 16.6 Å². The van der Waals surface area contributed by atoms with Crippen molar-refractivity contribution in [3.63, 3.8) is 0 Å². The van der Waals surface area contributed by atoms with Crippen LogP contribution in [-0.2, 0) is 17.6 Å². The van der Waals surface area contributed by atoms with E-state index in [1.165, 1.54) is 42.9 Å². The van der Waals surface area contributed by atoms with Crippen LogP contribution in [0.4, 0.5) is 10.7 Å². The Morgan fingerprint density at radius 2 is 2.27 bits per heavy atom. The predicted molar refractivity (Wildman–Crippen MR) is 98.9 cm³/mol. The van der Waals surface area contributed by atoms with Crippen LogP contribution in [0.3, 0.4) is 0 Å². The first-order chi connectivity index (χ1) is 12.4. The summed E-state index contributed by atoms with van der Waals surface area (Å²) in [5.41, 5.74) is 1.27. The average Bonchev–Trinajstić information content (AvgIpc) is 2.97. The van der Waals surface area contributed by atoms with Crippen LogP contribution in [0.25, 0.3) is 0 Å². The lowest BCUT2D eigenvalue weighted by atomic mass is 9.88. The van der Waals surface area contributed by atoms with Crippen LogP contribution in [-0.4, -0.2) is 29.3 Å². The molecule has 3 rings (SSSR count). The van der Waals surface area contributed by atoms with Gasteiger partial charge in [-0.25, -0.2) is 9.79 Å². The predicted octanol–water partition coefficient (Wildman–Crippen LogP) is 4.02. The number of hydrogen-bond donors (Lipinski definition) is 1. The van der Waals surface area contributed by atoms with Crippen molar-refractivity contribution in [2.45, 2.75) is 26.2 Å². The van der Waals surface area contributed by atoms with E-state index in [2.05, 4.69) is 11.9 Å². The van der Waals surface area contributed by atoms with Gasteiger partial charge in [0.05, 0.1) is 17.6 Å². The summed E-state index contributed by atoms with van der Waals surface area (Å²) in [6, 6.07) is 4.22. The molecule has 1 aromatic carbocycles. The molecule has 0 saturated heterocycles. The molecule has 0 amide bonds. The minimum atomic E-state index is -0.655. The highest BCUT2D eigenvalue weighted by molar-refractivity contribution is 7.16. The van der Waals surface area contributed by atoms with Crippen LogP contribution >= 0.6 is 11.3 Å². The molecule has 26 heavy (non-hydrogen) atoms. The van der Waals surface area contributed by atoms with Crippen LogP contribution in [0, 0.1) is 16.0 Å². The fraction of sp³-hybridized carbons (Fsp3) is 0.333. The quantitative estimate of drug-likeness (QED) is 0.377. The third kappa shape index (κ3) is 3.32. The molecule has 1 heterocycles.